The van der Waals surface area contributed by atoms with Crippen molar-refractivity contribution in [2.75, 3.05) is 0 Å². The minimum absolute atomic E-state index is 0.357. The Morgan fingerprint density at radius 2 is 2.16 bits per heavy atom. The van der Waals surface area contributed by atoms with Crippen LogP contribution in [0.5, 0.6) is 0 Å². The predicted molar refractivity (Wildman–Crippen MR) is 77.9 cm³/mol. The summed E-state index contributed by atoms with van der Waals surface area (Å²) in [7, 11) is 0. The van der Waals surface area contributed by atoms with Crippen molar-refractivity contribution in [1.29, 1.82) is 0 Å². The second-order valence-electron chi connectivity index (χ2n) is 5.11. The van der Waals surface area contributed by atoms with E-state index in [1.165, 1.54) is 5.56 Å². The molecule has 1 heterocycles. The monoisotopic (exact) mass is 257 g/mol. The smallest absolute Gasteiger partial charge is 0.352 e. The lowest BCUT2D eigenvalue weighted by Crippen LogP contribution is -2.08. The zero-order valence-electron chi connectivity index (χ0n) is 11.6. The number of aryl methyl sites for hydroxylation is 1. The van der Waals surface area contributed by atoms with Crippen LogP contribution < -0.4 is 0 Å². The molecule has 2 aromatic rings. The van der Waals surface area contributed by atoms with Gasteiger partial charge in [-0.15, -0.1) is 6.58 Å². The molecule has 0 aliphatic heterocycles. The van der Waals surface area contributed by atoms with Crippen molar-refractivity contribution in [2.45, 2.75) is 33.2 Å². The molecule has 0 atom stereocenters. The molecule has 1 aromatic carbocycles. The third kappa shape index (κ3) is 2.16. The first-order chi connectivity index (χ1) is 8.97. The number of hydrogen-bond donors (Lipinski definition) is 1. The molecule has 0 amide bonds. The third-order valence-corrected chi connectivity index (χ3v) is 3.52. The molecule has 1 N–H and O–H groups in total. The van der Waals surface area contributed by atoms with Gasteiger partial charge in [0, 0.05) is 17.4 Å². The Morgan fingerprint density at radius 3 is 2.68 bits per heavy atom. The Kier molecular flexibility index (Phi) is 3.47. The van der Waals surface area contributed by atoms with Gasteiger partial charge in [-0.2, -0.15) is 0 Å². The number of aromatic carboxylic acids is 1. The summed E-state index contributed by atoms with van der Waals surface area (Å²) < 4.78 is 1.81. The van der Waals surface area contributed by atoms with Crippen molar-refractivity contribution in [3.05, 3.63) is 47.7 Å². The highest BCUT2D eigenvalue weighted by Gasteiger charge is 2.19. The molecule has 0 saturated heterocycles. The van der Waals surface area contributed by atoms with E-state index in [1.807, 2.05) is 17.6 Å². The number of carboxylic acid groups (broad SMARTS) is 1. The standard InChI is InChI=1S/C16H19NO2/c1-5-8-17-14-7-6-12(10(2)3)9-13(14)11(4)15(17)16(18)19/h5-7,9-10H,1,8H2,2-4H3,(H,18,19). The van der Waals surface area contributed by atoms with Gasteiger partial charge < -0.3 is 9.67 Å². The Morgan fingerprint density at radius 1 is 1.47 bits per heavy atom. The van der Waals surface area contributed by atoms with E-state index in [0.717, 1.165) is 16.5 Å². The van der Waals surface area contributed by atoms with Crippen LogP contribution in [0.15, 0.2) is 30.9 Å². The first-order valence-electron chi connectivity index (χ1n) is 6.44. The quantitative estimate of drug-likeness (QED) is 0.842. The van der Waals surface area contributed by atoms with Gasteiger partial charge in [0.15, 0.2) is 0 Å². The van der Waals surface area contributed by atoms with Gasteiger partial charge >= 0.3 is 5.97 Å². The molecular formula is C16H19NO2. The average molecular weight is 257 g/mol. The maximum Gasteiger partial charge on any atom is 0.352 e. The minimum atomic E-state index is -0.887. The van der Waals surface area contributed by atoms with Gasteiger partial charge in [-0.25, -0.2) is 4.79 Å². The number of hydrogen-bond acceptors (Lipinski definition) is 1. The van der Waals surface area contributed by atoms with Crippen LogP contribution in [-0.4, -0.2) is 15.6 Å². The molecule has 100 valence electrons. The number of carboxylic acids is 1. The van der Waals surface area contributed by atoms with Crippen LogP contribution in [0.4, 0.5) is 0 Å². The van der Waals surface area contributed by atoms with E-state index in [9.17, 15) is 9.90 Å². The summed E-state index contributed by atoms with van der Waals surface area (Å²) in [5.41, 5.74) is 3.37. The van der Waals surface area contributed by atoms with E-state index in [4.69, 9.17) is 0 Å². The summed E-state index contributed by atoms with van der Waals surface area (Å²) in [6.07, 6.45) is 1.72. The van der Waals surface area contributed by atoms with E-state index in [1.54, 1.807) is 6.08 Å². The fourth-order valence-electron chi connectivity index (χ4n) is 2.49. The Bertz CT molecular complexity index is 650. The summed E-state index contributed by atoms with van der Waals surface area (Å²) in [6.45, 7) is 10.4. The molecule has 0 radical (unpaired) electrons. The summed E-state index contributed by atoms with van der Waals surface area (Å²) in [5.74, 6) is -0.457. The molecule has 2 rings (SSSR count). The largest absolute Gasteiger partial charge is 0.477 e. The molecule has 19 heavy (non-hydrogen) atoms. The number of carbonyl (C=O) groups is 1. The molecule has 0 fully saturated rings. The lowest BCUT2D eigenvalue weighted by Gasteiger charge is -2.07. The second-order valence-corrected chi connectivity index (χ2v) is 5.11. The number of allylic oxidation sites excluding steroid dienone is 1. The zero-order chi connectivity index (χ0) is 14.2. The van der Waals surface area contributed by atoms with Crippen molar-refractivity contribution in [3.8, 4) is 0 Å². The van der Waals surface area contributed by atoms with Crippen LogP contribution in [-0.2, 0) is 6.54 Å². The number of fused-ring (bicyclic) bond motifs is 1. The summed E-state index contributed by atoms with van der Waals surface area (Å²) in [4.78, 5) is 11.5. The highest BCUT2D eigenvalue weighted by atomic mass is 16.4. The van der Waals surface area contributed by atoms with Gasteiger partial charge in [0.1, 0.15) is 5.69 Å². The van der Waals surface area contributed by atoms with E-state index < -0.39 is 5.97 Å². The van der Waals surface area contributed by atoms with Gasteiger partial charge in [-0.05, 0) is 36.1 Å². The maximum atomic E-state index is 11.5. The van der Waals surface area contributed by atoms with E-state index in [-0.39, 0.29) is 0 Å². The molecule has 0 aliphatic rings. The lowest BCUT2D eigenvalue weighted by molar-refractivity contribution is 0.0685. The van der Waals surface area contributed by atoms with Gasteiger partial charge in [-0.1, -0.05) is 26.0 Å². The van der Waals surface area contributed by atoms with Crippen LogP contribution in [0, 0.1) is 6.92 Å². The highest BCUT2D eigenvalue weighted by molar-refractivity contribution is 5.98. The average Bonchev–Trinajstić information content (AvgIpc) is 2.63. The molecule has 0 spiro atoms. The van der Waals surface area contributed by atoms with Crippen molar-refractivity contribution in [2.24, 2.45) is 0 Å². The van der Waals surface area contributed by atoms with Crippen molar-refractivity contribution < 1.29 is 9.90 Å². The first kappa shape index (κ1) is 13.4. The molecule has 0 saturated carbocycles. The first-order valence-corrected chi connectivity index (χ1v) is 6.44. The molecule has 0 bridgehead atoms. The van der Waals surface area contributed by atoms with Crippen LogP contribution in [0.25, 0.3) is 10.9 Å². The minimum Gasteiger partial charge on any atom is -0.477 e. The van der Waals surface area contributed by atoms with Gasteiger partial charge in [-0.3, -0.25) is 0 Å². The van der Waals surface area contributed by atoms with Gasteiger partial charge in [0.25, 0.3) is 0 Å². The van der Waals surface area contributed by atoms with Gasteiger partial charge in [0.2, 0.25) is 0 Å². The fraction of sp³-hybridized carbons (Fsp3) is 0.312. The van der Waals surface area contributed by atoms with Crippen molar-refractivity contribution >= 4 is 16.9 Å². The van der Waals surface area contributed by atoms with E-state index in [2.05, 4.69) is 32.6 Å². The molecule has 0 aliphatic carbocycles. The van der Waals surface area contributed by atoms with E-state index in [0.29, 0.717) is 18.2 Å². The van der Waals surface area contributed by atoms with E-state index >= 15 is 0 Å². The molecule has 3 heteroatoms. The van der Waals surface area contributed by atoms with Crippen molar-refractivity contribution in [1.82, 2.24) is 4.57 Å². The molecule has 0 unspecified atom stereocenters. The van der Waals surface area contributed by atoms with Crippen LogP contribution >= 0.6 is 0 Å². The molecular weight excluding hydrogens is 238 g/mol. The lowest BCUT2D eigenvalue weighted by atomic mass is 10.0. The Labute approximate surface area is 113 Å². The van der Waals surface area contributed by atoms with Crippen LogP contribution in [0.1, 0.15) is 41.4 Å². The summed E-state index contributed by atoms with van der Waals surface area (Å²) in [6, 6.07) is 6.17. The maximum absolute atomic E-state index is 11.5. The number of rotatable bonds is 4. The summed E-state index contributed by atoms with van der Waals surface area (Å²) >= 11 is 0. The third-order valence-electron chi connectivity index (χ3n) is 3.52. The fourth-order valence-corrected chi connectivity index (χ4v) is 2.49. The Hall–Kier alpha value is -2.03. The second kappa shape index (κ2) is 4.92. The molecule has 3 nitrogen and oxygen atoms in total. The van der Waals surface area contributed by atoms with Crippen molar-refractivity contribution in [3.63, 3.8) is 0 Å². The normalized spacial score (nSPS) is 11.2. The Balaban J connectivity index is 2.80. The van der Waals surface area contributed by atoms with Crippen LogP contribution in [0.3, 0.4) is 0 Å². The number of benzene rings is 1. The predicted octanol–water partition coefficient (Wildman–Crippen LogP) is 3.96. The SMILES string of the molecule is C=CCn1c(C(=O)O)c(C)c2cc(C(C)C)ccc21. The number of nitrogens with zero attached hydrogens (tertiary/aromatic N) is 1. The summed E-state index contributed by atoms with van der Waals surface area (Å²) in [5, 5.41) is 10.4. The highest BCUT2D eigenvalue weighted by Crippen LogP contribution is 2.29. The molecule has 1 aromatic heterocycles. The topological polar surface area (TPSA) is 42.2 Å². The zero-order valence-corrected chi connectivity index (χ0v) is 11.6. The van der Waals surface area contributed by atoms with Crippen LogP contribution in [0.2, 0.25) is 0 Å². The number of aromatic nitrogens is 1. The van der Waals surface area contributed by atoms with Gasteiger partial charge in [0.05, 0.1) is 0 Å².